The summed E-state index contributed by atoms with van der Waals surface area (Å²) in [5.41, 5.74) is 1.15. The van der Waals surface area contributed by atoms with E-state index >= 15 is 0 Å². The van der Waals surface area contributed by atoms with Crippen molar-refractivity contribution >= 4 is 11.3 Å². The van der Waals surface area contributed by atoms with Gasteiger partial charge in [0.1, 0.15) is 10.9 Å². The average Bonchev–Trinajstić information content (AvgIpc) is 2.89. The molecule has 0 spiro atoms. The zero-order valence-corrected chi connectivity index (χ0v) is 9.79. The number of thiophene rings is 1. The van der Waals surface area contributed by atoms with Gasteiger partial charge in [0.2, 0.25) is 0 Å². The minimum Gasteiger partial charge on any atom is -0.306 e. The van der Waals surface area contributed by atoms with E-state index in [1.165, 1.54) is 16.2 Å². The van der Waals surface area contributed by atoms with E-state index in [-0.39, 0.29) is 0 Å². The van der Waals surface area contributed by atoms with Gasteiger partial charge in [0.15, 0.2) is 0 Å². The monoisotopic (exact) mass is 232 g/mol. The van der Waals surface area contributed by atoms with Crippen LogP contribution in [0.3, 0.4) is 0 Å². The number of nitrogens with one attached hydrogen (secondary N) is 1. The van der Waals surface area contributed by atoms with Crippen molar-refractivity contribution in [2.45, 2.75) is 13.1 Å². The number of hydrogen-bond acceptors (Lipinski definition) is 4. The summed E-state index contributed by atoms with van der Waals surface area (Å²) in [6.07, 6.45) is 1.79. The van der Waals surface area contributed by atoms with E-state index in [9.17, 15) is 0 Å². The summed E-state index contributed by atoms with van der Waals surface area (Å²) in [6.45, 7) is 1.58. The molecule has 2 aromatic heterocycles. The van der Waals surface area contributed by atoms with Gasteiger partial charge >= 0.3 is 0 Å². The second kappa shape index (κ2) is 4.92. The van der Waals surface area contributed by atoms with Crippen LogP contribution >= 0.6 is 11.3 Å². The van der Waals surface area contributed by atoms with Crippen LogP contribution in [0.2, 0.25) is 0 Å². The Morgan fingerprint density at radius 1 is 1.44 bits per heavy atom. The van der Waals surface area contributed by atoms with Crippen molar-refractivity contribution in [3.8, 4) is 6.07 Å². The second-order valence-corrected chi connectivity index (χ2v) is 4.60. The van der Waals surface area contributed by atoms with Gasteiger partial charge in [0, 0.05) is 31.2 Å². The minimum atomic E-state index is 0.761. The van der Waals surface area contributed by atoms with Crippen LogP contribution in [0, 0.1) is 11.3 Å². The van der Waals surface area contributed by atoms with E-state index in [1.807, 2.05) is 29.9 Å². The predicted molar refractivity (Wildman–Crippen MR) is 62.8 cm³/mol. The zero-order chi connectivity index (χ0) is 11.4. The fourth-order valence-electron chi connectivity index (χ4n) is 1.42. The Balaban J connectivity index is 1.85. The first-order valence-corrected chi connectivity index (χ1v) is 5.77. The molecule has 2 rings (SSSR count). The Bertz CT molecular complexity index is 506. The number of hydrogen-bond donors (Lipinski definition) is 1. The van der Waals surface area contributed by atoms with Gasteiger partial charge < -0.3 is 5.32 Å². The maximum absolute atomic E-state index is 8.69. The molecule has 0 saturated carbocycles. The molecule has 0 aliphatic heterocycles. The summed E-state index contributed by atoms with van der Waals surface area (Å²) in [5, 5.41) is 16.1. The molecule has 0 fully saturated rings. The van der Waals surface area contributed by atoms with Crippen molar-refractivity contribution in [1.82, 2.24) is 15.1 Å². The third-order valence-corrected chi connectivity index (χ3v) is 3.29. The third kappa shape index (κ3) is 2.48. The van der Waals surface area contributed by atoms with Crippen molar-refractivity contribution in [2.24, 2.45) is 7.05 Å². The van der Waals surface area contributed by atoms with E-state index in [2.05, 4.69) is 16.5 Å². The highest BCUT2D eigenvalue weighted by molar-refractivity contribution is 7.12. The van der Waals surface area contributed by atoms with Gasteiger partial charge in [-0.2, -0.15) is 10.4 Å². The molecule has 4 nitrogen and oxygen atoms in total. The molecular weight excluding hydrogens is 220 g/mol. The lowest BCUT2D eigenvalue weighted by Crippen LogP contribution is -2.14. The van der Waals surface area contributed by atoms with Crippen LogP contribution in [0.15, 0.2) is 24.4 Å². The predicted octanol–water partition coefficient (Wildman–Crippen LogP) is 1.64. The van der Waals surface area contributed by atoms with Gasteiger partial charge in [-0.1, -0.05) is 0 Å². The van der Waals surface area contributed by atoms with Crippen LogP contribution in [0.25, 0.3) is 0 Å². The standard InChI is InChI=1S/C11H12N4S/c1-15-9(4-5-14-15)7-13-8-11-3-2-10(6-12)16-11/h2-5,13H,7-8H2,1H3. The van der Waals surface area contributed by atoms with Crippen LogP contribution in [0.1, 0.15) is 15.4 Å². The molecule has 2 aromatic rings. The minimum absolute atomic E-state index is 0.761. The smallest absolute Gasteiger partial charge is 0.110 e. The molecule has 1 N–H and O–H groups in total. The number of nitriles is 1. The van der Waals surface area contributed by atoms with E-state index < -0.39 is 0 Å². The molecule has 0 amide bonds. The van der Waals surface area contributed by atoms with E-state index in [0.29, 0.717) is 0 Å². The fraction of sp³-hybridized carbons (Fsp3) is 0.273. The van der Waals surface area contributed by atoms with E-state index in [4.69, 9.17) is 5.26 Å². The summed E-state index contributed by atoms with van der Waals surface area (Å²) in [4.78, 5) is 1.94. The summed E-state index contributed by atoms with van der Waals surface area (Å²) < 4.78 is 1.85. The van der Waals surface area contributed by atoms with Gasteiger partial charge in [-0.3, -0.25) is 4.68 Å². The normalized spacial score (nSPS) is 10.2. The average molecular weight is 232 g/mol. The first kappa shape index (κ1) is 10.9. The van der Waals surface area contributed by atoms with Gasteiger partial charge in [-0.25, -0.2) is 0 Å². The Hall–Kier alpha value is -1.64. The van der Waals surface area contributed by atoms with Gasteiger partial charge in [-0.05, 0) is 18.2 Å². The SMILES string of the molecule is Cn1nccc1CNCc1ccc(C#N)s1. The second-order valence-electron chi connectivity index (χ2n) is 3.43. The number of rotatable bonds is 4. The summed E-state index contributed by atoms with van der Waals surface area (Å²) in [7, 11) is 1.93. The Labute approximate surface area is 98.1 Å². The summed E-state index contributed by atoms with van der Waals surface area (Å²) in [5.74, 6) is 0. The molecule has 5 heteroatoms. The molecule has 2 heterocycles. The van der Waals surface area contributed by atoms with Crippen LogP contribution in [0.4, 0.5) is 0 Å². The molecule has 0 radical (unpaired) electrons. The number of aromatic nitrogens is 2. The lowest BCUT2D eigenvalue weighted by Gasteiger charge is -2.03. The van der Waals surface area contributed by atoms with Crippen molar-refractivity contribution in [2.75, 3.05) is 0 Å². The highest BCUT2D eigenvalue weighted by Crippen LogP contribution is 2.14. The zero-order valence-electron chi connectivity index (χ0n) is 8.97. The maximum atomic E-state index is 8.69. The van der Waals surface area contributed by atoms with Crippen molar-refractivity contribution in [3.63, 3.8) is 0 Å². The number of aryl methyl sites for hydroxylation is 1. The Kier molecular flexibility index (Phi) is 3.34. The molecule has 0 atom stereocenters. The molecule has 0 aliphatic rings. The van der Waals surface area contributed by atoms with Gasteiger partial charge in [0.05, 0.1) is 5.69 Å². The molecule has 0 saturated heterocycles. The first-order chi connectivity index (χ1) is 7.79. The van der Waals surface area contributed by atoms with Gasteiger partial charge in [-0.15, -0.1) is 11.3 Å². The largest absolute Gasteiger partial charge is 0.306 e. The molecule has 0 bridgehead atoms. The Morgan fingerprint density at radius 2 is 2.31 bits per heavy atom. The quantitative estimate of drug-likeness (QED) is 0.872. The fourth-order valence-corrected chi connectivity index (χ4v) is 2.20. The van der Waals surface area contributed by atoms with Crippen molar-refractivity contribution in [1.29, 1.82) is 5.26 Å². The van der Waals surface area contributed by atoms with Crippen LogP contribution in [0.5, 0.6) is 0 Å². The molecule has 0 aliphatic carbocycles. The topological polar surface area (TPSA) is 53.6 Å². The molecule has 82 valence electrons. The Morgan fingerprint density at radius 3 is 2.94 bits per heavy atom. The lowest BCUT2D eigenvalue weighted by molar-refractivity contribution is 0.629. The summed E-state index contributed by atoms with van der Waals surface area (Å²) in [6, 6.07) is 7.96. The first-order valence-electron chi connectivity index (χ1n) is 4.96. The highest BCUT2D eigenvalue weighted by atomic mass is 32.1. The molecular formula is C11H12N4S. The van der Waals surface area contributed by atoms with E-state index in [1.54, 1.807) is 6.20 Å². The maximum Gasteiger partial charge on any atom is 0.110 e. The molecule has 16 heavy (non-hydrogen) atoms. The van der Waals surface area contributed by atoms with Crippen LogP contribution < -0.4 is 5.32 Å². The lowest BCUT2D eigenvalue weighted by atomic mass is 10.4. The van der Waals surface area contributed by atoms with E-state index in [0.717, 1.165) is 23.7 Å². The van der Waals surface area contributed by atoms with Crippen molar-refractivity contribution < 1.29 is 0 Å². The van der Waals surface area contributed by atoms with Crippen molar-refractivity contribution in [3.05, 3.63) is 39.8 Å². The van der Waals surface area contributed by atoms with Crippen LogP contribution in [-0.2, 0) is 20.1 Å². The number of nitrogens with zero attached hydrogens (tertiary/aromatic N) is 3. The third-order valence-electron chi connectivity index (χ3n) is 2.30. The van der Waals surface area contributed by atoms with Gasteiger partial charge in [0.25, 0.3) is 0 Å². The highest BCUT2D eigenvalue weighted by Gasteiger charge is 2.00. The summed E-state index contributed by atoms with van der Waals surface area (Å²) >= 11 is 1.53. The molecule has 0 aromatic carbocycles. The molecule has 0 unspecified atom stereocenters. The van der Waals surface area contributed by atoms with Crippen LogP contribution in [-0.4, -0.2) is 9.78 Å².